The minimum absolute atomic E-state index is 0.0187. The van der Waals surface area contributed by atoms with Gasteiger partial charge in [0, 0.05) is 30.1 Å². The summed E-state index contributed by atoms with van der Waals surface area (Å²) in [6.45, 7) is 3.07. The summed E-state index contributed by atoms with van der Waals surface area (Å²) in [6.07, 6.45) is 10.8. The van der Waals surface area contributed by atoms with E-state index in [0.29, 0.717) is 32.5 Å². The van der Waals surface area contributed by atoms with Crippen LogP contribution in [0.4, 0.5) is 5.69 Å². The summed E-state index contributed by atoms with van der Waals surface area (Å²) >= 11 is 1.56. The van der Waals surface area contributed by atoms with Crippen molar-refractivity contribution in [3.05, 3.63) is 66.8 Å². The third-order valence-corrected chi connectivity index (χ3v) is 10.4. The van der Waals surface area contributed by atoms with Crippen molar-refractivity contribution in [2.24, 2.45) is 11.8 Å². The zero-order chi connectivity index (χ0) is 27.2. The molecule has 4 heterocycles. The molecule has 1 spiro atoms. The van der Waals surface area contributed by atoms with Crippen LogP contribution >= 0.6 is 11.8 Å². The fraction of sp³-hybridized carbons (Fsp3) is 0.452. The second kappa shape index (κ2) is 10.1. The molecule has 0 aliphatic carbocycles. The van der Waals surface area contributed by atoms with Crippen molar-refractivity contribution in [3.8, 4) is 0 Å². The fourth-order valence-electron chi connectivity index (χ4n) is 6.84. The molecule has 1 unspecified atom stereocenters. The molecule has 0 saturated carbocycles. The highest BCUT2D eigenvalue weighted by molar-refractivity contribution is 8.02. The van der Waals surface area contributed by atoms with E-state index in [2.05, 4.69) is 12.2 Å². The number of rotatable bonds is 5. The van der Waals surface area contributed by atoms with E-state index < -0.39 is 27.4 Å². The zero-order valence-electron chi connectivity index (χ0n) is 22.1. The number of unbranched alkanes of at least 4 members (excludes halogenated alkanes) is 1. The molecule has 2 aromatic carbocycles. The summed E-state index contributed by atoms with van der Waals surface area (Å²) in [7, 11) is 0. The number of amides is 2. The lowest BCUT2D eigenvalue weighted by atomic mass is 9.74. The Morgan fingerprint density at radius 3 is 2.64 bits per heavy atom. The van der Waals surface area contributed by atoms with Gasteiger partial charge in [-0.15, -0.1) is 11.8 Å². The first-order chi connectivity index (χ1) is 18.9. The number of aliphatic hydroxyl groups is 1. The number of carbonyl (C=O) groups is 3. The third kappa shape index (κ3) is 4.19. The molecule has 2 saturated heterocycles. The van der Waals surface area contributed by atoms with Crippen LogP contribution in [-0.2, 0) is 19.1 Å². The molecule has 8 heteroatoms. The van der Waals surface area contributed by atoms with Gasteiger partial charge >= 0.3 is 5.97 Å². The normalized spacial score (nSPS) is 33.1. The number of anilines is 1. The standard InChI is InChI=1S/C31H34N2O5S/c1-30-14-5-2-8-19-38-29(37)25(30)24-27(35)33(16-6-7-18-34)26-28(36)32(17-9-15-31(24,26)39-30)23-13-12-21-10-3-4-11-22(21)20-23/h3-5,9-15,20,24-26,34H,2,6-8,16-19H2,1H3/b14-5-/t24-,25-,26?,30+,31-/m0/s1. The molecule has 4 aliphatic heterocycles. The maximum Gasteiger partial charge on any atom is 0.311 e. The van der Waals surface area contributed by atoms with E-state index in [-0.39, 0.29) is 24.4 Å². The predicted octanol–water partition coefficient (Wildman–Crippen LogP) is 4.10. The van der Waals surface area contributed by atoms with Gasteiger partial charge in [0.25, 0.3) is 5.91 Å². The van der Waals surface area contributed by atoms with Crippen LogP contribution < -0.4 is 4.90 Å². The Morgan fingerprint density at radius 1 is 1.00 bits per heavy atom. The zero-order valence-corrected chi connectivity index (χ0v) is 22.9. The van der Waals surface area contributed by atoms with Gasteiger partial charge in [-0.25, -0.2) is 0 Å². The van der Waals surface area contributed by atoms with Crippen molar-refractivity contribution < 1.29 is 24.2 Å². The average Bonchev–Trinajstić information content (AvgIpc) is 3.27. The number of esters is 1. The van der Waals surface area contributed by atoms with Crippen molar-refractivity contribution in [2.45, 2.75) is 48.1 Å². The second-order valence-electron chi connectivity index (χ2n) is 11.1. The van der Waals surface area contributed by atoms with Gasteiger partial charge in [-0.1, -0.05) is 54.6 Å². The number of ether oxygens (including phenoxy) is 1. The maximum absolute atomic E-state index is 14.6. The molecular weight excluding hydrogens is 512 g/mol. The number of fused-ring (bicyclic) bond motifs is 3. The molecule has 4 aliphatic rings. The lowest BCUT2D eigenvalue weighted by molar-refractivity contribution is -0.154. The Hall–Kier alpha value is -3.10. The van der Waals surface area contributed by atoms with Crippen LogP contribution in [0.3, 0.4) is 0 Å². The van der Waals surface area contributed by atoms with Gasteiger partial charge in [-0.2, -0.15) is 0 Å². The molecule has 5 atom stereocenters. The molecule has 2 aromatic rings. The van der Waals surface area contributed by atoms with Gasteiger partial charge in [-0.3, -0.25) is 14.4 Å². The number of thioether (sulfide) groups is 1. The van der Waals surface area contributed by atoms with E-state index in [1.54, 1.807) is 21.6 Å². The van der Waals surface area contributed by atoms with E-state index in [9.17, 15) is 19.5 Å². The van der Waals surface area contributed by atoms with Crippen molar-refractivity contribution in [1.29, 1.82) is 0 Å². The molecule has 2 fully saturated rings. The lowest BCUT2D eigenvalue weighted by Crippen LogP contribution is -2.53. The SMILES string of the molecule is C[C@@]12/C=C\CCCOC(=O)[C@@H]1[C@H]1C(=O)N(CCCCO)C3C(=O)N(c4ccc5ccccc5c4)CC=C[C@@]31S2. The maximum atomic E-state index is 14.6. The first kappa shape index (κ1) is 26.1. The molecule has 0 aromatic heterocycles. The topological polar surface area (TPSA) is 87.1 Å². The summed E-state index contributed by atoms with van der Waals surface area (Å²) in [4.78, 5) is 45.8. The Morgan fingerprint density at radius 2 is 1.82 bits per heavy atom. The number of benzene rings is 2. The molecule has 6 rings (SSSR count). The highest BCUT2D eigenvalue weighted by Gasteiger charge is 2.73. The number of cyclic esters (lactones) is 1. The Balaban J connectivity index is 1.46. The summed E-state index contributed by atoms with van der Waals surface area (Å²) in [5.74, 6) is -2.09. The van der Waals surface area contributed by atoms with Crippen LogP contribution in [0.2, 0.25) is 0 Å². The van der Waals surface area contributed by atoms with Gasteiger partial charge in [0.05, 0.1) is 23.2 Å². The number of nitrogens with zero attached hydrogens (tertiary/aromatic N) is 2. The molecule has 39 heavy (non-hydrogen) atoms. The molecule has 0 radical (unpaired) electrons. The molecule has 0 bridgehead atoms. The molecular formula is C31H34N2O5S. The predicted molar refractivity (Wildman–Crippen MR) is 152 cm³/mol. The van der Waals surface area contributed by atoms with Crippen molar-refractivity contribution >= 4 is 46.0 Å². The van der Waals surface area contributed by atoms with E-state index in [1.807, 2.05) is 61.5 Å². The molecule has 7 nitrogen and oxygen atoms in total. The molecule has 1 N–H and O–H groups in total. The van der Waals surface area contributed by atoms with Crippen LogP contribution in [0.25, 0.3) is 10.8 Å². The van der Waals surface area contributed by atoms with Crippen molar-refractivity contribution in [2.75, 3.05) is 31.2 Å². The van der Waals surface area contributed by atoms with Crippen LogP contribution in [0.5, 0.6) is 0 Å². The summed E-state index contributed by atoms with van der Waals surface area (Å²) < 4.78 is 4.10. The smallest absolute Gasteiger partial charge is 0.311 e. The number of allylic oxidation sites excluding steroid dienone is 1. The van der Waals surface area contributed by atoms with Gasteiger partial charge in [0.1, 0.15) is 6.04 Å². The largest absolute Gasteiger partial charge is 0.465 e. The summed E-state index contributed by atoms with van der Waals surface area (Å²) in [5, 5.41) is 11.5. The minimum atomic E-state index is -0.902. The van der Waals surface area contributed by atoms with Crippen LogP contribution in [-0.4, -0.2) is 69.6 Å². The highest BCUT2D eigenvalue weighted by Crippen LogP contribution is 2.65. The molecule has 2 amide bonds. The number of likely N-dealkylation sites (tertiary alicyclic amines) is 1. The van der Waals surface area contributed by atoms with Crippen molar-refractivity contribution in [3.63, 3.8) is 0 Å². The second-order valence-corrected chi connectivity index (χ2v) is 12.8. The lowest BCUT2D eigenvalue weighted by Gasteiger charge is -2.37. The van der Waals surface area contributed by atoms with E-state index in [1.165, 1.54) is 0 Å². The number of hydrogen-bond acceptors (Lipinski definition) is 6. The van der Waals surface area contributed by atoms with Crippen LogP contribution in [0.15, 0.2) is 66.8 Å². The van der Waals surface area contributed by atoms with E-state index in [4.69, 9.17) is 4.74 Å². The number of carbonyl (C=O) groups excluding carboxylic acids is 3. The van der Waals surface area contributed by atoms with Crippen LogP contribution in [0, 0.1) is 11.8 Å². The summed E-state index contributed by atoms with van der Waals surface area (Å²) in [5.41, 5.74) is 0.780. The average molecular weight is 547 g/mol. The quantitative estimate of drug-likeness (QED) is 0.345. The first-order valence-corrected chi connectivity index (χ1v) is 14.6. The third-order valence-electron chi connectivity index (χ3n) is 8.60. The van der Waals surface area contributed by atoms with Gasteiger partial charge in [0.2, 0.25) is 5.91 Å². The Kier molecular flexibility index (Phi) is 6.79. The van der Waals surface area contributed by atoms with Crippen molar-refractivity contribution in [1.82, 2.24) is 4.90 Å². The molecule has 204 valence electrons. The Bertz CT molecular complexity index is 1370. The first-order valence-electron chi connectivity index (χ1n) is 13.8. The van der Waals surface area contributed by atoms with E-state index >= 15 is 0 Å². The van der Waals surface area contributed by atoms with E-state index in [0.717, 1.165) is 29.3 Å². The summed E-state index contributed by atoms with van der Waals surface area (Å²) in [6, 6.07) is 13.3. The fourth-order valence-corrected chi connectivity index (χ4v) is 9.00. The number of aliphatic hydroxyl groups excluding tert-OH is 1. The number of hydrogen-bond donors (Lipinski definition) is 1. The highest BCUT2D eigenvalue weighted by atomic mass is 32.2. The van der Waals surface area contributed by atoms with Gasteiger partial charge < -0.3 is 19.6 Å². The van der Waals surface area contributed by atoms with Gasteiger partial charge in [0.15, 0.2) is 0 Å². The van der Waals surface area contributed by atoms with Crippen LogP contribution in [0.1, 0.15) is 32.6 Å². The monoisotopic (exact) mass is 546 g/mol. The van der Waals surface area contributed by atoms with Gasteiger partial charge in [-0.05, 0) is 55.5 Å². The Labute approximate surface area is 232 Å². The minimum Gasteiger partial charge on any atom is -0.465 e.